The van der Waals surface area contributed by atoms with Gasteiger partial charge in [0, 0.05) is 24.7 Å². The van der Waals surface area contributed by atoms with Crippen molar-refractivity contribution in [3.05, 3.63) is 0 Å². The average Bonchev–Trinajstić information content (AvgIpc) is 3.06. The number of fused-ring (bicyclic) bond motifs is 4. The second-order valence-electron chi connectivity index (χ2n) is 7.74. The number of hydrogen-bond donors (Lipinski definition) is 1. The van der Waals surface area contributed by atoms with Gasteiger partial charge in [-0.1, -0.05) is 13.3 Å². The fourth-order valence-electron chi connectivity index (χ4n) is 5.90. The molecule has 5 atom stereocenters. The van der Waals surface area contributed by atoms with Crippen LogP contribution in [0.2, 0.25) is 0 Å². The normalized spacial score (nSPS) is 49.1. The predicted octanol–water partition coefficient (Wildman–Crippen LogP) is 3.03. The van der Waals surface area contributed by atoms with Gasteiger partial charge in [0.1, 0.15) is 0 Å². The van der Waals surface area contributed by atoms with Crippen molar-refractivity contribution in [2.75, 3.05) is 13.1 Å². The topological polar surface area (TPSA) is 15.3 Å². The molecule has 0 radical (unpaired) electrons. The molecule has 108 valence electrons. The summed E-state index contributed by atoms with van der Waals surface area (Å²) in [5.74, 6) is 3.29. The van der Waals surface area contributed by atoms with Crippen molar-refractivity contribution in [2.24, 2.45) is 17.8 Å². The van der Waals surface area contributed by atoms with Crippen molar-refractivity contribution >= 4 is 0 Å². The summed E-state index contributed by atoms with van der Waals surface area (Å²) in [5.41, 5.74) is 0. The zero-order chi connectivity index (χ0) is 12.8. The van der Waals surface area contributed by atoms with E-state index in [-0.39, 0.29) is 0 Å². The predicted molar refractivity (Wildman–Crippen MR) is 79.2 cm³/mol. The molecule has 4 fully saturated rings. The lowest BCUT2D eigenvalue weighted by Gasteiger charge is -2.41. The lowest BCUT2D eigenvalue weighted by atomic mass is 9.87. The van der Waals surface area contributed by atoms with Crippen LogP contribution in [0.3, 0.4) is 0 Å². The van der Waals surface area contributed by atoms with Crippen LogP contribution in [0.25, 0.3) is 0 Å². The molecule has 0 aromatic rings. The maximum absolute atomic E-state index is 3.70. The molecule has 2 nitrogen and oxygen atoms in total. The molecule has 2 aliphatic carbocycles. The lowest BCUT2D eigenvalue weighted by molar-refractivity contribution is 0.0846. The Morgan fingerprint density at radius 3 is 2.32 bits per heavy atom. The highest BCUT2D eigenvalue weighted by atomic mass is 15.2. The van der Waals surface area contributed by atoms with E-state index in [1.165, 1.54) is 32.2 Å². The number of nitrogens with one attached hydrogen (secondary N) is 1. The molecule has 0 aromatic carbocycles. The maximum Gasteiger partial charge on any atom is 0.0114 e. The largest absolute Gasteiger partial charge is 0.314 e. The van der Waals surface area contributed by atoms with E-state index in [0.29, 0.717) is 0 Å². The first-order valence-electron chi connectivity index (χ1n) is 8.82. The minimum Gasteiger partial charge on any atom is -0.314 e. The summed E-state index contributed by atoms with van der Waals surface area (Å²) >= 11 is 0. The van der Waals surface area contributed by atoms with Crippen LogP contribution < -0.4 is 5.32 Å². The van der Waals surface area contributed by atoms with Crippen LogP contribution in [0.4, 0.5) is 0 Å². The lowest BCUT2D eigenvalue weighted by Crippen LogP contribution is -2.50. The van der Waals surface area contributed by atoms with Crippen LogP contribution >= 0.6 is 0 Å². The van der Waals surface area contributed by atoms with Crippen molar-refractivity contribution in [2.45, 2.75) is 76.4 Å². The number of piperidine rings is 1. The summed E-state index contributed by atoms with van der Waals surface area (Å²) in [7, 11) is 0. The molecule has 0 aromatic heterocycles. The third-order valence-electron chi connectivity index (χ3n) is 6.71. The number of nitrogens with zero attached hydrogens (tertiary/aromatic N) is 1. The fourth-order valence-corrected chi connectivity index (χ4v) is 5.90. The quantitative estimate of drug-likeness (QED) is 0.838. The maximum atomic E-state index is 3.70. The molecule has 4 rings (SSSR count). The van der Waals surface area contributed by atoms with Gasteiger partial charge in [-0.15, -0.1) is 0 Å². The van der Waals surface area contributed by atoms with Gasteiger partial charge in [-0.3, -0.25) is 4.90 Å². The third-order valence-corrected chi connectivity index (χ3v) is 6.71. The second-order valence-corrected chi connectivity index (χ2v) is 7.74. The van der Waals surface area contributed by atoms with Gasteiger partial charge < -0.3 is 5.32 Å². The van der Waals surface area contributed by atoms with Gasteiger partial charge in [0.2, 0.25) is 0 Å². The smallest absolute Gasteiger partial charge is 0.0114 e. The van der Waals surface area contributed by atoms with E-state index in [4.69, 9.17) is 0 Å². The van der Waals surface area contributed by atoms with Crippen molar-refractivity contribution < 1.29 is 0 Å². The highest BCUT2D eigenvalue weighted by molar-refractivity contribution is 5.00. The van der Waals surface area contributed by atoms with Gasteiger partial charge in [-0.25, -0.2) is 0 Å². The molecule has 2 saturated heterocycles. The van der Waals surface area contributed by atoms with Gasteiger partial charge in [-0.05, 0) is 69.2 Å². The Morgan fingerprint density at radius 2 is 1.74 bits per heavy atom. The monoisotopic (exact) mass is 262 g/mol. The van der Waals surface area contributed by atoms with E-state index < -0.39 is 0 Å². The molecule has 2 heteroatoms. The van der Waals surface area contributed by atoms with Crippen LogP contribution in [0.15, 0.2) is 0 Å². The number of hydrogen-bond acceptors (Lipinski definition) is 2. The standard InChI is InChI=1S/C17H30N2/c1-2-18-15-9-16-5-6-17(10-15)19(16)11-14-8-12-3-4-13(14)7-12/h12-18H,2-11H2,1H3. The Balaban J connectivity index is 1.38. The Morgan fingerprint density at radius 1 is 0.947 bits per heavy atom. The molecule has 4 bridgehead atoms. The molecular formula is C17H30N2. The zero-order valence-electron chi connectivity index (χ0n) is 12.5. The van der Waals surface area contributed by atoms with Gasteiger partial charge in [0.25, 0.3) is 0 Å². The Hall–Kier alpha value is -0.0800. The molecule has 0 amide bonds. The second kappa shape index (κ2) is 5.04. The summed E-state index contributed by atoms with van der Waals surface area (Å²) in [6.07, 6.45) is 12.1. The number of rotatable bonds is 4. The highest BCUT2D eigenvalue weighted by Crippen LogP contribution is 2.49. The molecule has 2 heterocycles. The highest BCUT2D eigenvalue weighted by Gasteiger charge is 2.45. The molecule has 19 heavy (non-hydrogen) atoms. The Bertz CT molecular complexity index is 315. The summed E-state index contributed by atoms with van der Waals surface area (Å²) in [6, 6.07) is 2.66. The summed E-state index contributed by atoms with van der Waals surface area (Å²) in [5, 5.41) is 3.70. The van der Waals surface area contributed by atoms with E-state index in [1.807, 2.05) is 0 Å². The molecule has 1 N–H and O–H groups in total. The van der Waals surface area contributed by atoms with Crippen LogP contribution in [0.1, 0.15) is 58.3 Å². The first kappa shape index (κ1) is 12.6. The van der Waals surface area contributed by atoms with Crippen LogP contribution in [0, 0.1) is 17.8 Å². The average molecular weight is 262 g/mol. The molecular weight excluding hydrogens is 232 g/mol. The summed E-state index contributed by atoms with van der Waals surface area (Å²) in [4.78, 5) is 2.94. The van der Waals surface area contributed by atoms with Gasteiger partial charge in [0.05, 0.1) is 0 Å². The van der Waals surface area contributed by atoms with Gasteiger partial charge in [0.15, 0.2) is 0 Å². The van der Waals surface area contributed by atoms with Gasteiger partial charge >= 0.3 is 0 Å². The first-order valence-corrected chi connectivity index (χ1v) is 8.82. The summed E-state index contributed by atoms with van der Waals surface area (Å²) < 4.78 is 0. The van der Waals surface area contributed by atoms with E-state index in [9.17, 15) is 0 Å². The minimum atomic E-state index is 0.818. The molecule has 0 spiro atoms. The summed E-state index contributed by atoms with van der Waals surface area (Å²) in [6.45, 7) is 4.86. The Kier molecular flexibility index (Phi) is 3.35. The van der Waals surface area contributed by atoms with Gasteiger partial charge in [-0.2, -0.15) is 0 Å². The molecule has 2 saturated carbocycles. The zero-order valence-corrected chi connectivity index (χ0v) is 12.5. The van der Waals surface area contributed by atoms with E-state index >= 15 is 0 Å². The Labute approximate surface area is 118 Å². The first-order chi connectivity index (χ1) is 9.33. The molecule has 2 aliphatic heterocycles. The van der Waals surface area contributed by atoms with Crippen LogP contribution in [-0.2, 0) is 0 Å². The van der Waals surface area contributed by atoms with E-state index in [2.05, 4.69) is 17.1 Å². The third kappa shape index (κ3) is 2.25. The minimum absolute atomic E-state index is 0.818. The van der Waals surface area contributed by atoms with Crippen molar-refractivity contribution in [1.82, 2.24) is 10.2 Å². The van der Waals surface area contributed by atoms with Crippen LogP contribution in [-0.4, -0.2) is 36.1 Å². The SMILES string of the molecule is CCNC1CC2CCC(C1)N2CC1CC2CCC1C2. The van der Waals surface area contributed by atoms with E-state index in [0.717, 1.165) is 42.4 Å². The van der Waals surface area contributed by atoms with Crippen molar-refractivity contribution in [3.63, 3.8) is 0 Å². The van der Waals surface area contributed by atoms with Crippen molar-refractivity contribution in [3.8, 4) is 0 Å². The molecule has 5 unspecified atom stereocenters. The fraction of sp³-hybridized carbons (Fsp3) is 1.00. The van der Waals surface area contributed by atoms with Crippen LogP contribution in [0.5, 0.6) is 0 Å². The molecule has 4 aliphatic rings. The van der Waals surface area contributed by atoms with E-state index in [1.54, 1.807) is 25.7 Å². The van der Waals surface area contributed by atoms with Crippen molar-refractivity contribution in [1.29, 1.82) is 0 Å².